The molecule has 1 aliphatic carbocycles. The van der Waals surface area contributed by atoms with Gasteiger partial charge in [0.15, 0.2) is 5.79 Å². The molecular weight excluding hydrogens is 254 g/mol. The fourth-order valence-electron chi connectivity index (χ4n) is 3.39. The predicted molar refractivity (Wildman–Crippen MR) is 76.4 cm³/mol. The van der Waals surface area contributed by atoms with Crippen LogP contribution in [0.5, 0.6) is 0 Å². The first-order valence-electron chi connectivity index (χ1n) is 7.64. The summed E-state index contributed by atoms with van der Waals surface area (Å²) in [6.45, 7) is 2.61. The minimum atomic E-state index is -0.237. The zero-order valence-electron chi connectivity index (χ0n) is 12.5. The molecule has 0 unspecified atom stereocenters. The fourth-order valence-corrected chi connectivity index (χ4v) is 3.39. The minimum absolute atomic E-state index is 0.237. The number of ether oxygens (including phenoxy) is 2. The topological polar surface area (TPSA) is 39.5 Å². The molecule has 1 spiro atoms. The highest BCUT2D eigenvalue weighted by Gasteiger charge is 2.40. The average Bonchev–Trinajstić information content (AvgIpc) is 3.07. The highest BCUT2D eigenvalue weighted by molar-refractivity contribution is 5.00. The predicted octanol–water partition coefficient (Wildman–Crippen LogP) is 1.58. The van der Waals surface area contributed by atoms with E-state index in [1.165, 1.54) is 18.5 Å². The molecule has 5 heteroatoms. The number of hydrogen-bond donors (Lipinski definition) is 0. The Labute approximate surface area is 120 Å². The quantitative estimate of drug-likeness (QED) is 0.839. The van der Waals surface area contributed by atoms with Crippen LogP contribution in [0.2, 0.25) is 0 Å². The van der Waals surface area contributed by atoms with Crippen LogP contribution in [0.25, 0.3) is 0 Å². The summed E-state index contributed by atoms with van der Waals surface area (Å²) in [5.74, 6) is -0.237. The molecule has 0 radical (unpaired) electrons. The van der Waals surface area contributed by atoms with E-state index < -0.39 is 0 Å². The van der Waals surface area contributed by atoms with Crippen molar-refractivity contribution in [2.45, 2.75) is 43.9 Å². The van der Waals surface area contributed by atoms with Gasteiger partial charge in [-0.15, -0.1) is 0 Å². The summed E-state index contributed by atoms with van der Waals surface area (Å²) in [5, 5.41) is 4.22. The number of aryl methyl sites for hydroxylation is 1. The summed E-state index contributed by atoms with van der Waals surface area (Å²) in [5.41, 5.74) is 1.30. The smallest absolute Gasteiger partial charge is 0.168 e. The van der Waals surface area contributed by atoms with Crippen LogP contribution in [0, 0.1) is 0 Å². The molecule has 1 aromatic heterocycles. The summed E-state index contributed by atoms with van der Waals surface area (Å²) in [4.78, 5) is 2.48. The highest BCUT2D eigenvalue weighted by Crippen LogP contribution is 2.37. The van der Waals surface area contributed by atoms with E-state index in [0.717, 1.165) is 39.0 Å². The van der Waals surface area contributed by atoms with Gasteiger partial charge in [-0.25, -0.2) is 0 Å². The van der Waals surface area contributed by atoms with E-state index in [9.17, 15) is 0 Å². The van der Waals surface area contributed by atoms with E-state index in [0.29, 0.717) is 6.04 Å². The van der Waals surface area contributed by atoms with Crippen molar-refractivity contribution < 1.29 is 9.47 Å². The third-order valence-corrected chi connectivity index (χ3v) is 4.80. The summed E-state index contributed by atoms with van der Waals surface area (Å²) in [6, 6.07) is 2.76. The molecule has 2 heterocycles. The Kier molecular flexibility index (Phi) is 4.10. The Bertz CT molecular complexity index is 430. The van der Waals surface area contributed by atoms with Crippen molar-refractivity contribution in [2.75, 3.05) is 26.8 Å². The summed E-state index contributed by atoms with van der Waals surface area (Å²) in [6.07, 6.45) is 7.33. The van der Waals surface area contributed by atoms with Crippen LogP contribution in [-0.4, -0.2) is 53.3 Å². The van der Waals surface area contributed by atoms with Gasteiger partial charge >= 0.3 is 0 Å². The van der Waals surface area contributed by atoms with Gasteiger partial charge in [-0.2, -0.15) is 5.10 Å². The van der Waals surface area contributed by atoms with Crippen LogP contribution in [0.15, 0.2) is 12.3 Å². The van der Waals surface area contributed by atoms with Gasteiger partial charge in [0.05, 0.1) is 13.2 Å². The Morgan fingerprint density at radius 3 is 2.65 bits per heavy atom. The lowest BCUT2D eigenvalue weighted by molar-refractivity contribution is -0.183. The number of aromatic nitrogens is 2. The summed E-state index contributed by atoms with van der Waals surface area (Å²) < 4.78 is 13.5. The molecule has 0 aromatic carbocycles. The summed E-state index contributed by atoms with van der Waals surface area (Å²) >= 11 is 0. The van der Waals surface area contributed by atoms with Crippen molar-refractivity contribution in [1.82, 2.24) is 14.7 Å². The van der Waals surface area contributed by atoms with Crippen LogP contribution in [-0.2, 0) is 22.9 Å². The molecule has 20 heavy (non-hydrogen) atoms. The maximum Gasteiger partial charge on any atom is 0.168 e. The van der Waals surface area contributed by atoms with Crippen molar-refractivity contribution in [3.05, 3.63) is 18.0 Å². The van der Waals surface area contributed by atoms with E-state index in [1.807, 2.05) is 17.9 Å². The molecule has 0 amide bonds. The van der Waals surface area contributed by atoms with Gasteiger partial charge in [0.2, 0.25) is 0 Å². The second-order valence-electron chi connectivity index (χ2n) is 6.02. The lowest BCUT2D eigenvalue weighted by Crippen LogP contribution is -2.43. The zero-order chi connectivity index (χ0) is 14.0. The van der Waals surface area contributed by atoms with Gasteiger partial charge < -0.3 is 14.4 Å². The molecule has 1 saturated carbocycles. The summed E-state index contributed by atoms with van der Waals surface area (Å²) in [7, 11) is 4.24. The Morgan fingerprint density at radius 1 is 1.35 bits per heavy atom. The average molecular weight is 279 g/mol. The maximum absolute atomic E-state index is 5.79. The molecule has 2 aliphatic rings. The third kappa shape index (κ3) is 2.90. The van der Waals surface area contributed by atoms with E-state index in [-0.39, 0.29) is 5.79 Å². The Balaban J connectivity index is 1.47. The standard InChI is InChI=1S/C15H25N3O2/c1-17(10-6-14-5-9-16-18(14)2)13-3-7-15(8-4-13)19-11-12-20-15/h5,9,13H,3-4,6-8,10-12H2,1-2H3. The number of rotatable bonds is 4. The molecular formula is C15H25N3O2. The molecule has 112 valence electrons. The van der Waals surface area contributed by atoms with Crippen LogP contribution in [0.3, 0.4) is 0 Å². The zero-order valence-corrected chi connectivity index (χ0v) is 12.5. The first kappa shape index (κ1) is 14.0. The van der Waals surface area contributed by atoms with Gasteiger partial charge in [-0.3, -0.25) is 4.68 Å². The first-order chi connectivity index (χ1) is 9.69. The Morgan fingerprint density at radius 2 is 2.05 bits per heavy atom. The molecule has 5 nitrogen and oxygen atoms in total. The van der Waals surface area contributed by atoms with E-state index >= 15 is 0 Å². The molecule has 0 atom stereocenters. The van der Waals surface area contributed by atoms with Crippen LogP contribution in [0.1, 0.15) is 31.4 Å². The largest absolute Gasteiger partial charge is 0.348 e. The maximum atomic E-state index is 5.79. The molecule has 1 aromatic rings. The second kappa shape index (κ2) is 5.84. The monoisotopic (exact) mass is 279 g/mol. The van der Waals surface area contributed by atoms with Gasteiger partial charge in [0.1, 0.15) is 0 Å². The van der Waals surface area contributed by atoms with E-state index in [2.05, 4.69) is 23.1 Å². The van der Waals surface area contributed by atoms with E-state index in [4.69, 9.17) is 9.47 Å². The third-order valence-electron chi connectivity index (χ3n) is 4.80. The molecule has 2 fully saturated rings. The molecule has 1 aliphatic heterocycles. The van der Waals surface area contributed by atoms with Gasteiger partial charge in [0.25, 0.3) is 0 Å². The van der Waals surface area contributed by atoms with E-state index in [1.54, 1.807) is 0 Å². The van der Waals surface area contributed by atoms with Crippen molar-refractivity contribution in [2.24, 2.45) is 7.05 Å². The van der Waals surface area contributed by atoms with Gasteiger partial charge in [-0.1, -0.05) is 0 Å². The highest BCUT2D eigenvalue weighted by atomic mass is 16.7. The number of nitrogens with zero attached hydrogens (tertiary/aromatic N) is 3. The molecule has 0 N–H and O–H groups in total. The SMILES string of the molecule is CN(CCc1ccnn1C)C1CCC2(CC1)OCCO2. The minimum Gasteiger partial charge on any atom is -0.348 e. The second-order valence-corrected chi connectivity index (χ2v) is 6.02. The van der Waals surface area contributed by atoms with Gasteiger partial charge in [-0.05, 0) is 26.0 Å². The molecule has 1 saturated heterocycles. The Hall–Kier alpha value is -0.910. The lowest BCUT2D eigenvalue weighted by atomic mass is 9.89. The lowest BCUT2D eigenvalue weighted by Gasteiger charge is -2.39. The fraction of sp³-hybridized carbons (Fsp3) is 0.800. The van der Waals surface area contributed by atoms with Crippen LogP contribution < -0.4 is 0 Å². The number of likely N-dealkylation sites (N-methyl/N-ethyl adjacent to an activating group) is 1. The van der Waals surface area contributed by atoms with Gasteiger partial charge in [0, 0.05) is 50.8 Å². The molecule has 3 rings (SSSR count). The van der Waals surface area contributed by atoms with Crippen molar-refractivity contribution in [1.29, 1.82) is 0 Å². The van der Waals surface area contributed by atoms with Crippen LogP contribution >= 0.6 is 0 Å². The first-order valence-corrected chi connectivity index (χ1v) is 7.64. The molecule has 0 bridgehead atoms. The number of hydrogen-bond acceptors (Lipinski definition) is 4. The van der Waals surface area contributed by atoms with Crippen molar-refractivity contribution >= 4 is 0 Å². The normalized spacial score (nSPS) is 22.9. The van der Waals surface area contributed by atoms with Crippen LogP contribution in [0.4, 0.5) is 0 Å². The van der Waals surface area contributed by atoms with Crippen molar-refractivity contribution in [3.63, 3.8) is 0 Å². The van der Waals surface area contributed by atoms with Crippen molar-refractivity contribution in [3.8, 4) is 0 Å².